The van der Waals surface area contributed by atoms with Gasteiger partial charge in [-0.15, -0.1) is 6.58 Å². The van der Waals surface area contributed by atoms with Crippen molar-refractivity contribution in [1.82, 2.24) is 0 Å². The second kappa shape index (κ2) is 13.7. The van der Waals surface area contributed by atoms with E-state index in [9.17, 15) is 20.4 Å². The lowest BCUT2D eigenvalue weighted by atomic mass is 9.86. The SMILES string of the molecule is C=CCc1ccc(O[C@H]2O[C@H](CO)[C@@H](O)[C@H](O)[C@H]2OC[C@H](Cc2ccccc2)[C@H](CC)CO)cc1. The van der Waals surface area contributed by atoms with Gasteiger partial charge in [-0.1, -0.05) is 61.9 Å². The number of hydrogen-bond acceptors (Lipinski definition) is 7. The highest BCUT2D eigenvalue weighted by Crippen LogP contribution is 2.29. The summed E-state index contributed by atoms with van der Waals surface area (Å²) in [6.07, 6.45) is -1.67. The highest BCUT2D eigenvalue weighted by molar-refractivity contribution is 5.28. The Labute approximate surface area is 207 Å². The topological polar surface area (TPSA) is 109 Å². The Morgan fingerprint density at radius 2 is 1.69 bits per heavy atom. The Morgan fingerprint density at radius 1 is 0.971 bits per heavy atom. The van der Waals surface area contributed by atoms with E-state index in [1.807, 2.05) is 55.5 Å². The van der Waals surface area contributed by atoms with Gasteiger partial charge in [0.15, 0.2) is 0 Å². The first-order valence-corrected chi connectivity index (χ1v) is 12.3. The van der Waals surface area contributed by atoms with Crippen molar-refractivity contribution >= 4 is 0 Å². The zero-order chi connectivity index (χ0) is 25.2. The molecule has 0 amide bonds. The number of aliphatic hydroxyl groups is 4. The smallest absolute Gasteiger partial charge is 0.229 e. The van der Waals surface area contributed by atoms with Crippen LogP contribution in [0.3, 0.4) is 0 Å². The van der Waals surface area contributed by atoms with Gasteiger partial charge in [-0.3, -0.25) is 0 Å². The first kappa shape index (κ1) is 27.3. The third kappa shape index (κ3) is 7.36. The zero-order valence-electron chi connectivity index (χ0n) is 20.3. The van der Waals surface area contributed by atoms with Gasteiger partial charge >= 0.3 is 0 Å². The normalized spacial score (nSPS) is 26.1. The number of benzene rings is 2. The quantitative estimate of drug-likeness (QED) is 0.322. The fourth-order valence-corrected chi connectivity index (χ4v) is 4.46. The van der Waals surface area contributed by atoms with E-state index in [4.69, 9.17) is 14.2 Å². The van der Waals surface area contributed by atoms with Gasteiger partial charge in [0.1, 0.15) is 30.2 Å². The summed E-state index contributed by atoms with van der Waals surface area (Å²) in [6.45, 7) is 5.55. The van der Waals surface area contributed by atoms with Crippen molar-refractivity contribution in [2.45, 2.75) is 56.9 Å². The largest absolute Gasteiger partial charge is 0.462 e. The lowest BCUT2D eigenvalue weighted by Crippen LogP contribution is -2.61. The van der Waals surface area contributed by atoms with Gasteiger partial charge in [0.2, 0.25) is 6.29 Å². The average Bonchev–Trinajstić information content (AvgIpc) is 2.88. The molecule has 0 radical (unpaired) electrons. The van der Waals surface area contributed by atoms with Crippen LogP contribution in [0, 0.1) is 11.8 Å². The van der Waals surface area contributed by atoms with Crippen LogP contribution in [0.4, 0.5) is 0 Å². The van der Waals surface area contributed by atoms with Gasteiger partial charge in [0, 0.05) is 6.61 Å². The van der Waals surface area contributed by atoms with Gasteiger partial charge in [0.25, 0.3) is 0 Å². The van der Waals surface area contributed by atoms with Crippen LogP contribution in [0.15, 0.2) is 67.3 Å². The van der Waals surface area contributed by atoms with Crippen LogP contribution < -0.4 is 4.74 Å². The molecule has 0 aliphatic carbocycles. The van der Waals surface area contributed by atoms with E-state index in [0.717, 1.165) is 24.0 Å². The molecular formula is C28H38O7. The molecule has 1 saturated heterocycles. The lowest BCUT2D eigenvalue weighted by Gasteiger charge is -2.42. The lowest BCUT2D eigenvalue weighted by molar-refractivity contribution is -0.289. The maximum absolute atomic E-state index is 10.9. The van der Waals surface area contributed by atoms with E-state index in [0.29, 0.717) is 12.2 Å². The van der Waals surface area contributed by atoms with Crippen molar-refractivity contribution in [2.24, 2.45) is 11.8 Å². The van der Waals surface area contributed by atoms with Crippen molar-refractivity contribution in [3.05, 3.63) is 78.4 Å². The van der Waals surface area contributed by atoms with E-state index in [2.05, 4.69) is 6.58 Å². The van der Waals surface area contributed by atoms with Crippen LogP contribution in [0.2, 0.25) is 0 Å². The van der Waals surface area contributed by atoms with Gasteiger partial charge in [-0.05, 0) is 47.9 Å². The summed E-state index contributed by atoms with van der Waals surface area (Å²) in [6, 6.07) is 17.4. The molecule has 3 rings (SSSR count). The van der Waals surface area contributed by atoms with Crippen molar-refractivity contribution in [2.75, 3.05) is 19.8 Å². The molecule has 1 heterocycles. The highest BCUT2D eigenvalue weighted by Gasteiger charge is 2.46. The summed E-state index contributed by atoms with van der Waals surface area (Å²) in [7, 11) is 0. The minimum absolute atomic E-state index is 0.00347. The zero-order valence-corrected chi connectivity index (χ0v) is 20.3. The molecule has 2 aromatic rings. The van der Waals surface area contributed by atoms with Crippen LogP contribution in [-0.2, 0) is 22.3 Å². The van der Waals surface area contributed by atoms with Gasteiger partial charge < -0.3 is 34.6 Å². The minimum Gasteiger partial charge on any atom is -0.462 e. The minimum atomic E-state index is -1.33. The molecule has 7 nitrogen and oxygen atoms in total. The summed E-state index contributed by atoms with van der Waals surface area (Å²) < 4.78 is 18.0. The Morgan fingerprint density at radius 3 is 2.29 bits per heavy atom. The summed E-state index contributed by atoms with van der Waals surface area (Å²) >= 11 is 0. The van der Waals surface area contributed by atoms with Crippen LogP contribution >= 0.6 is 0 Å². The molecule has 7 heteroatoms. The Balaban J connectivity index is 1.76. The first-order valence-electron chi connectivity index (χ1n) is 12.3. The summed E-state index contributed by atoms with van der Waals surface area (Å²) in [5.41, 5.74) is 2.20. The molecule has 0 unspecified atom stereocenters. The Bertz CT molecular complexity index is 869. The van der Waals surface area contributed by atoms with Crippen LogP contribution in [0.5, 0.6) is 5.75 Å². The van der Waals surface area contributed by atoms with E-state index in [1.54, 1.807) is 12.1 Å². The monoisotopic (exact) mass is 486 g/mol. The molecule has 0 spiro atoms. The van der Waals surface area contributed by atoms with E-state index in [-0.39, 0.29) is 25.0 Å². The van der Waals surface area contributed by atoms with Crippen molar-refractivity contribution < 1.29 is 34.6 Å². The van der Waals surface area contributed by atoms with Crippen LogP contribution in [0.1, 0.15) is 24.5 Å². The first-order chi connectivity index (χ1) is 17.0. The second-order valence-electron chi connectivity index (χ2n) is 9.06. The maximum Gasteiger partial charge on any atom is 0.229 e. The third-order valence-corrected chi connectivity index (χ3v) is 6.65. The molecule has 35 heavy (non-hydrogen) atoms. The number of hydrogen-bond donors (Lipinski definition) is 4. The molecule has 1 fully saturated rings. The third-order valence-electron chi connectivity index (χ3n) is 6.65. The number of allylic oxidation sites excluding steroid dienone is 1. The molecule has 0 saturated carbocycles. The molecule has 4 N–H and O–H groups in total. The van der Waals surface area contributed by atoms with E-state index < -0.39 is 37.3 Å². The molecule has 7 atom stereocenters. The maximum atomic E-state index is 10.9. The van der Waals surface area contributed by atoms with Crippen molar-refractivity contribution in [1.29, 1.82) is 0 Å². The molecule has 0 aromatic heterocycles. The van der Waals surface area contributed by atoms with E-state index in [1.165, 1.54) is 0 Å². The fraction of sp³-hybridized carbons (Fsp3) is 0.500. The predicted octanol–water partition coefficient (Wildman–Crippen LogP) is 2.50. The van der Waals surface area contributed by atoms with Gasteiger partial charge in [-0.25, -0.2) is 0 Å². The van der Waals surface area contributed by atoms with Crippen LogP contribution in [-0.4, -0.2) is 71.0 Å². The fourth-order valence-electron chi connectivity index (χ4n) is 4.46. The molecule has 1 aliphatic rings. The molecular weight excluding hydrogens is 448 g/mol. The molecule has 192 valence electrons. The predicted molar refractivity (Wildman–Crippen MR) is 133 cm³/mol. The standard InChI is InChI=1S/C28H38O7/c1-3-8-19-11-13-23(14-12-19)34-28-27(26(32)25(31)24(17-30)35-28)33-18-22(21(4-2)16-29)15-20-9-6-5-7-10-20/h3,5-7,9-14,21-22,24-32H,1,4,8,15-18H2,2H3/t21-,22+,24-,25-,26+,27-,28+/m1/s1. The number of rotatable bonds is 13. The van der Waals surface area contributed by atoms with E-state index >= 15 is 0 Å². The second-order valence-corrected chi connectivity index (χ2v) is 9.06. The van der Waals surface area contributed by atoms with Gasteiger partial charge in [-0.2, -0.15) is 0 Å². The van der Waals surface area contributed by atoms with Gasteiger partial charge in [0.05, 0.1) is 13.2 Å². The van der Waals surface area contributed by atoms with Crippen LogP contribution in [0.25, 0.3) is 0 Å². The molecule has 1 aliphatic heterocycles. The Hall–Kier alpha value is -2.26. The Kier molecular flexibility index (Phi) is 10.7. The highest BCUT2D eigenvalue weighted by atomic mass is 16.7. The summed E-state index contributed by atoms with van der Waals surface area (Å²) in [5, 5.41) is 40.9. The average molecular weight is 487 g/mol. The van der Waals surface area contributed by atoms with Crippen molar-refractivity contribution in [3.8, 4) is 5.75 Å². The van der Waals surface area contributed by atoms with Crippen molar-refractivity contribution in [3.63, 3.8) is 0 Å². The number of aliphatic hydroxyl groups excluding tert-OH is 4. The summed E-state index contributed by atoms with van der Waals surface area (Å²) in [5.74, 6) is 0.495. The number of ether oxygens (including phenoxy) is 3. The molecule has 0 bridgehead atoms. The summed E-state index contributed by atoms with van der Waals surface area (Å²) in [4.78, 5) is 0. The molecule has 2 aromatic carbocycles.